The van der Waals surface area contributed by atoms with Crippen molar-refractivity contribution in [3.8, 4) is 11.3 Å². The van der Waals surface area contributed by atoms with Gasteiger partial charge in [0, 0.05) is 28.7 Å². The molecule has 27 heavy (non-hydrogen) atoms. The first-order valence-electron chi connectivity index (χ1n) is 8.26. The highest BCUT2D eigenvalue weighted by atomic mass is 35.5. The average Bonchev–Trinajstić information content (AvgIpc) is 3.20. The van der Waals surface area contributed by atoms with Gasteiger partial charge < -0.3 is 0 Å². The van der Waals surface area contributed by atoms with Crippen molar-refractivity contribution in [2.75, 3.05) is 5.32 Å². The highest BCUT2D eigenvalue weighted by Gasteiger charge is 2.19. The van der Waals surface area contributed by atoms with Crippen LogP contribution >= 0.6 is 22.9 Å². The summed E-state index contributed by atoms with van der Waals surface area (Å²) in [5.74, 6) is -0.224. The number of fused-ring (bicyclic) bond motifs is 1. The number of carbonyl (C=O) groups excluding carboxylic acids is 1. The molecule has 6 nitrogen and oxygen atoms in total. The second-order valence-corrected chi connectivity index (χ2v) is 7.51. The number of rotatable bonds is 3. The fraction of sp³-hybridized carbons (Fsp3) is 0.158. The molecule has 3 aromatic heterocycles. The van der Waals surface area contributed by atoms with E-state index in [-0.39, 0.29) is 5.91 Å². The van der Waals surface area contributed by atoms with Crippen LogP contribution in [0.5, 0.6) is 0 Å². The van der Waals surface area contributed by atoms with Crippen molar-refractivity contribution in [2.45, 2.75) is 13.8 Å². The van der Waals surface area contributed by atoms with Gasteiger partial charge in [-0.15, -0.1) is 11.3 Å². The Kier molecular flexibility index (Phi) is 4.41. The minimum absolute atomic E-state index is 0.224. The number of pyridine rings is 1. The number of anilines is 1. The van der Waals surface area contributed by atoms with Crippen molar-refractivity contribution in [1.29, 1.82) is 0 Å². The minimum atomic E-state index is -0.224. The Morgan fingerprint density at radius 3 is 2.67 bits per heavy atom. The molecule has 0 aliphatic carbocycles. The molecule has 0 aliphatic heterocycles. The van der Waals surface area contributed by atoms with E-state index in [1.807, 2.05) is 50.5 Å². The van der Waals surface area contributed by atoms with E-state index in [4.69, 9.17) is 11.6 Å². The Morgan fingerprint density at radius 2 is 1.93 bits per heavy atom. The maximum atomic E-state index is 12.9. The van der Waals surface area contributed by atoms with E-state index < -0.39 is 0 Å². The van der Waals surface area contributed by atoms with E-state index in [9.17, 15) is 4.79 Å². The van der Waals surface area contributed by atoms with Crippen LogP contribution in [0, 0.1) is 13.8 Å². The first-order chi connectivity index (χ1) is 12.9. The first kappa shape index (κ1) is 17.6. The summed E-state index contributed by atoms with van der Waals surface area (Å²) in [4.78, 5) is 21.9. The number of thiazole rings is 1. The molecular formula is C19H16ClN5OS. The Bertz CT molecular complexity index is 1160. The monoisotopic (exact) mass is 397 g/mol. The minimum Gasteiger partial charge on any atom is -0.298 e. The van der Waals surface area contributed by atoms with Crippen molar-refractivity contribution >= 4 is 45.0 Å². The van der Waals surface area contributed by atoms with Crippen molar-refractivity contribution in [2.24, 2.45) is 7.05 Å². The van der Waals surface area contributed by atoms with Gasteiger partial charge in [0.05, 0.1) is 22.3 Å². The summed E-state index contributed by atoms with van der Waals surface area (Å²) in [5, 5.41) is 11.1. The number of halogens is 1. The lowest BCUT2D eigenvalue weighted by molar-refractivity contribution is 0.102. The molecule has 0 fully saturated rings. The molecule has 1 amide bonds. The first-order valence-corrected chi connectivity index (χ1v) is 9.52. The fourth-order valence-electron chi connectivity index (χ4n) is 3.00. The molecule has 1 aromatic carbocycles. The molecule has 8 heteroatoms. The number of nitrogens with one attached hydrogen (secondary N) is 1. The molecule has 0 saturated carbocycles. The zero-order valence-corrected chi connectivity index (χ0v) is 16.5. The molecule has 0 aliphatic rings. The van der Waals surface area contributed by atoms with E-state index in [0.717, 1.165) is 28.0 Å². The Balaban J connectivity index is 1.65. The zero-order chi connectivity index (χ0) is 19.1. The summed E-state index contributed by atoms with van der Waals surface area (Å²) in [6.45, 7) is 3.73. The second-order valence-electron chi connectivity index (χ2n) is 6.22. The van der Waals surface area contributed by atoms with Gasteiger partial charge in [-0.3, -0.25) is 14.8 Å². The van der Waals surface area contributed by atoms with Gasteiger partial charge in [-0.25, -0.2) is 9.97 Å². The molecule has 0 bridgehead atoms. The molecule has 0 atom stereocenters. The number of amides is 1. The van der Waals surface area contributed by atoms with Gasteiger partial charge in [-0.1, -0.05) is 23.7 Å². The summed E-state index contributed by atoms with van der Waals surface area (Å²) < 4.78 is 1.69. The second kappa shape index (κ2) is 6.75. The third kappa shape index (κ3) is 3.31. The number of carbonyl (C=O) groups is 1. The number of aryl methyl sites for hydroxylation is 3. The molecule has 1 N–H and O–H groups in total. The van der Waals surface area contributed by atoms with Gasteiger partial charge in [0.25, 0.3) is 5.91 Å². The predicted molar refractivity (Wildman–Crippen MR) is 108 cm³/mol. The molecule has 0 saturated heterocycles. The number of nitrogens with zero attached hydrogens (tertiary/aromatic N) is 4. The lowest BCUT2D eigenvalue weighted by Gasteiger charge is -2.05. The van der Waals surface area contributed by atoms with Crippen LogP contribution in [0.3, 0.4) is 0 Å². The fourth-order valence-corrected chi connectivity index (χ4v) is 3.84. The van der Waals surface area contributed by atoms with Crippen molar-refractivity contribution in [3.63, 3.8) is 0 Å². The molecule has 0 spiro atoms. The van der Waals surface area contributed by atoms with Crippen LogP contribution in [0.1, 0.15) is 21.7 Å². The van der Waals surface area contributed by atoms with Gasteiger partial charge in [-0.2, -0.15) is 5.10 Å². The molecule has 0 unspecified atom stereocenters. The molecule has 0 radical (unpaired) electrons. The van der Waals surface area contributed by atoms with Crippen molar-refractivity contribution in [3.05, 3.63) is 57.7 Å². The largest absolute Gasteiger partial charge is 0.298 e. The van der Waals surface area contributed by atoms with E-state index >= 15 is 0 Å². The summed E-state index contributed by atoms with van der Waals surface area (Å²) in [7, 11) is 1.82. The van der Waals surface area contributed by atoms with Crippen LogP contribution in [0.15, 0.2) is 35.7 Å². The number of hydrogen-bond donors (Lipinski definition) is 1. The highest BCUT2D eigenvalue weighted by molar-refractivity contribution is 7.14. The summed E-state index contributed by atoms with van der Waals surface area (Å²) in [5.41, 5.74) is 4.51. The van der Waals surface area contributed by atoms with Crippen LogP contribution in [0.4, 0.5) is 5.13 Å². The van der Waals surface area contributed by atoms with Crippen molar-refractivity contribution in [1.82, 2.24) is 19.7 Å². The summed E-state index contributed by atoms with van der Waals surface area (Å²) in [6.07, 6.45) is 0. The SMILES string of the molecule is Cc1cc(C(=O)Nc2nc(-c3ccc(Cl)cc3)cs2)c2c(C)nn(C)c2n1. The normalized spacial score (nSPS) is 11.1. The highest BCUT2D eigenvalue weighted by Crippen LogP contribution is 2.27. The molecular weight excluding hydrogens is 382 g/mol. The predicted octanol–water partition coefficient (Wildman–Crippen LogP) is 4.61. The number of benzene rings is 1. The lowest BCUT2D eigenvalue weighted by Crippen LogP contribution is -2.13. The van der Waals surface area contributed by atoms with Gasteiger partial charge in [-0.05, 0) is 32.0 Å². The van der Waals surface area contributed by atoms with Gasteiger partial charge in [0.2, 0.25) is 0 Å². The van der Waals surface area contributed by atoms with E-state index in [1.165, 1.54) is 11.3 Å². The van der Waals surface area contributed by atoms with E-state index in [2.05, 4.69) is 20.4 Å². The van der Waals surface area contributed by atoms with Crippen molar-refractivity contribution < 1.29 is 4.79 Å². The van der Waals surface area contributed by atoms with Crippen LogP contribution < -0.4 is 5.32 Å². The van der Waals surface area contributed by atoms with Gasteiger partial charge in [0.1, 0.15) is 0 Å². The van der Waals surface area contributed by atoms with Crippen LogP contribution in [-0.4, -0.2) is 25.7 Å². The van der Waals surface area contributed by atoms with E-state index in [1.54, 1.807) is 10.7 Å². The maximum absolute atomic E-state index is 12.9. The third-order valence-electron chi connectivity index (χ3n) is 4.21. The Hall–Kier alpha value is -2.77. The molecule has 4 rings (SSSR count). The zero-order valence-electron chi connectivity index (χ0n) is 14.9. The average molecular weight is 398 g/mol. The van der Waals surface area contributed by atoms with E-state index in [0.29, 0.717) is 21.4 Å². The van der Waals surface area contributed by atoms with Crippen LogP contribution in [-0.2, 0) is 7.05 Å². The molecule has 3 heterocycles. The Morgan fingerprint density at radius 1 is 1.19 bits per heavy atom. The standard InChI is InChI=1S/C19H16ClN5OS/c1-10-8-14(16-11(2)24-25(3)17(16)21-10)18(26)23-19-22-15(9-27-19)12-4-6-13(20)7-5-12/h4-9H,1-3H3,(H,22,23,26). The smallest absolute Gasteiger partial charge is 0.258 e. The number of aromatic nitrogens is 4. The third-order valence-corrected chi connectivity index (χ3v) is 5.22. The number of hydrogen-bond acceptors (Lipinski definition) is 5. The Labute approximate surface area is 164 Å². The van der Waals surface area contributed by atoms with Crippen LogP contribution in [0.25, 0.3) is 22.3 Å². The molecule has 136 valence electrons. The topological polar surface area (TPSA) is 72.7 Å². The van der Waals surface area contributed by atoms with Gasteiger partial charge in [0.15, 0.2) is 10.8 Å². The lowest BCUT2D eigenvalue weighted by atomic mass is 10.1. The molecule has 4 aromatic rings. The van der Waals surface area contributed by atoms with Gasteiger partial charge >= 0.3 is 0 Å². The quantitative estimate of drug-likeness (QED) is 0.547. The van der Waals surface area contributed by atoms with Crippen LogP contribution in [0.2, 0.25) is 5.02 Å². The summed E-state index contributed by atoms with van der Waals surface area (Å²) in [6, 6.07) is 9.21. The maximum Gasteiger partial charge on any atom is 0.258 e. The summed E-state index contributed by atoms with van der Waals surface area (Å²) >= 11 is 7.31.